The number of piperidine rings is 1. The number of carbonyl (C=O) groups is 2. The molecule has 0 spiro atoms. The smallest absolute Gasteiger partial charge is 0.382 e. The molecule has 2 aliphatic rings. The second kappa shape index (κ2) is 5.89. The van der Waals surface area contributed by atoms with E-state index in [0.29, 0.717) is 17.2 Å². The molecule has 7 heteroatoms. The first-order valence-corrected chi connectivity index (χ1v) is 8.63. The van der Waals surface area contributed by atoms with E-state index in [2.05, 4.69) is 27.0 Å². The fourth-order valence-electron chi connectivity index (χ4n) is 3.46. The predicted molar refractivity (Wildman–Crippen MR) is 89.9 cm³/mol. The standard InChI is InChI=1S/C17H15N3O3S/c21-16(22)2-1-11-9-24-15-6-18-13(5-12(11)15)17(23)19-14-8-20-4-3-10(14)7-20/h5-6,9-10,14H,3-4,7-8H2,(H,19,23)(H,21,22). The van der Waals surface area contributed by atoms with Gasteiger partial charge in [0.05, 0.1) is 4.70 Å². The highest BCUT2D eigenvalue weighted by Gasteiger charge is 2.38. The van der Waals surface area contributed by atoms with Gasteiger partial charge in [0.15, 0.2) is 0 Å². The van der Waals surface area contributed by atoms with Crippen LogP contribution >= 0.6 is 11.3 Å². The lowest BCUT2D eigenvalue weighted by atomic mass is 10.00. The normalized spacial score (nSPS) is 24.6. The molecule has 2 bridgehead atoms. The molecule has 0 aliphatic carbocycles. The zero-order valence-corrected chi connectivity index (χ0v) is 13.6. The summed E-state index contributed by atoms with van der Waals surface area (Å²) >= 11 is 1.43. The summed E-state index contributed by atoms with van der Waals surface area (Å²) in [5.74, 6) is 3.92. The molecule has 2 N–H and O–H groups in total. The maximum absolute atomic E-state index is 12.5. The van der Waals surface area contributed by atoms with Crippen LogP contribution in [0.2, 0.25) is 0 Å². The van der Waals surface area contributed by atoms with Crippen molar-refractivity contribution in [3.8, 4) is 11.8 Å². The third-order valence-electron chi connectivity index (χ3n) is 4.65. The van der Waals surface area contributed by atoms with Crippen molar-refractivity contribution in [1.82, 2.24) is 15.2 Å². The average molecular weight is 341 g/mol. The number of rotatable bonds is 2. The van der Waals surface area contributed by atoms with E-state index < -0.39 is 5.97 Å². The van der Waals surface area contributed by atoms with Crippen LogP contribution in [-0.4, -0.2) is 52.5 Å². The van der Waals surface area contributed by atoms with Crippen molar-refractivity contribution in [1.29, 1.82) is 0 Å². The van der Waals surface area contributed by atoms with Crippen LogP contribution in [0, 0.1) is 17.8 Å². The van der Waals surface area contributed by atoms with E-state index in [-0.39, 0.29) is 11.9 Å². The van der Waals surface area contributed by atoms with E-state index in [0.717, 1.165) is 36.1 Å². The first kappa shape index (κ1) is 15.1. The van der Waals surface area contributed by atoms with E-state index >= 15 is 0 Å². The molecule has 122 valence electrons. The van der Waals surface area contributed by atoms with E-state index in [9.17, 15) is 9.59 Å². The molecule has 2 aromatic rings. The van der Waals surface area contributed by atoms with Gasteiger partial charge in [-0.1, -0.05) is 5.92 Å². The minimum Gasteiger partial charge on any atom is -0.472 e. The second-order valence-electron chi connectivity index (χ2n) is 6.16. The number of amides is 1. The molecule has 0 aromatic carbocycles. The maximum Gasteiger partial charge on any atom is 0.382 e. The molecular formula is C17H15N3O3S. The molecule has 0 saturated carbocycles. The lowest BCUT2D eigenvalue weighted by Crippen LogP contribution is -2.43. The van der Waals surface area contributed by atoms with Crippen molar-refractivity contribution in [2.24, 2.45) is 5.92 Å². The largest absolute Gasteiger partial charge is 0.472 e. The number of fused-ring (bicyclic) bond motifs is 3. The summed E-state index contributed by atoms with van der Waals surface area (Å²) in [5.41, 5.74) is 0.955. The predicted octanol–water partition coefficient (Wildman–Crippen LogP) is 1.17. The Balaban J connectivity index is 1.58. The van der Waals surface area contributed by atoms with Crippen LogP contribution in [0.3, 0.4) is 0 Å². The lowest BCUT2D eigenvalue weighted by molar-refractivity contribution is -0.130. The minimum atomic E-state index is -1.17. The Morgan fingerprint density at radius 3 is 3.00 bits per heavy atom. The number of pyridine rings is 1. The molecule has 6 nitrogen and oxygen atoms in total. The Morgan fingerprint density at radius 1 is 1.42 bits per heavy atom. The van der Waals surface area contributed by atoms with Gasteiger partial charge in [-0.25, -0.2) is 9.78 Å². The monoisotopic (exact) mass is 341 g/mol. The van der Waals surface area contributed by atoms with Crippen molar-refractivity contribution >= 4 is 33.3 Å². The molecule has 3 unspecified atom stereocenters. The molecule has 3 atom stereocenters. The Labute approximate surface area is 142 Å². The summed E-state index contributed by atoms with van der Waals surface area (Å²) in [6.07, 6.45) is 2.78. The van der Waals surface area contributed by atoms with Crippen LogP contribution < -0.4 is 5.32 Å². The molecular weight excluding hydrogens is 326 g/mol. The summed E-state index contributed by atoms with van der Waals surface area (Å²) in [7, 11) is 0. The Bertz CT molecular complexity index is 895. The Hall–Kier alpha value is -2.43. The SMILES string of the molecule is O=C(O)C#Cc1csc2cnc(C(=O)NC3CN4CCC3C4)cc12. The number of hydrogen-bond acceptors (Lipinski definition) is 5. The summed E-state index contributed by atoms with van der Waals surface area (Å²) in [5, 5.41) is 14.3. The van der Waals surface area contributed by atoms with E-state index in [1.807, 2.05) is 0 Å². The summed E-state index contributed by atoms with van der Waals surface area (Å²) in [6.45, 7) is 3.10. The van der Waals surface area contributed by atoms with Crippen LogP contribution in [0.4, 0.5) is 0 Å². The zero-order valence-electron chi connectivity index (χ0n) is 12.8. The highest BCUT2D eigenvalue weighted by Crippen LogP contribution is 2.28. The number of thiophene rings is 1. The van der Waals surface area contributed by atoms with Gasteiger partial charge in [-0.2, -0.15) is 0 Å². The topological polar surface area (TPSA) is 82.5 Å². The van der Waals surface area contributed by atoms with Crippen molar-refractivity contribution in [2.75, 3.05) is 19.6 Å². The third-order valence-corrected chi connectivity index (χ3v) is 5.58. The van der Waals surface area contributed by atoms with Gasteiger partial charge in [0.25, 0.3) is 5.91 Å². The molecule has 2 aromatic heterocycles. The molecule has 24 heavy (non-hydrogen) atoms. The van der Waals surface area contributed by atoms with E-state index in [4.69, 9.17) is 5.11 Å². The van der Waals surface area contributed by atoms with Gasteiger partial charge in [-0.3, -0.25) is 4.79 Å². The number of aromatic nitrogens is 1. The van der Waals surface area contributed by atoms with Crippen molar-refractivity contribution in [3.05, 3.63) is 28.9 Å². The first-order valence-electron chi connectivity index (χ1n) is 7.75. The highest BCUT2D eigenvalue weighted by atomic mass is 32.1. The molecule has 4 rings (SSSR count). The fraction of sp³-hybridized carbons (Fsp3) is 0.353. The van der Waals surface area contributed by atoms with E-state index in [1.165, 1.54) is 11.3 Å². The number of hydrogen-bond donors (Lipinski definition) is 2. The maximum atomic E-state index is 12.5. The molecule has 2 fully saturated rings. The summed E-state index contributed by atoms with van der Waals surface area (Å²) in [6, 6.07) is 1.89. The molecule has 0 radical (unpaired) electrons. The number of carbonyl (C=O) groups excluding carboxylic acids is 1. The van der Waals surface area contributed by atoms with Gasteiger partial charge in [-0.15, -0.1) is 11.3 Å². The zero-order chi connectivity index (χ0) is 16.7. The Morgan fingerprint density at radius 2 is 2.29 bits per heavy atom. The van der Waals surface area contributed by atoms with Crippen LogP contribution in [-0.2, 0) is 4.79 Å². The van der Waals surface area contributed by atoms with E-state index in [1.54, 1.807) is 17.6 Å². The molecule has 1 amide bonds. The van der Waals surface area contributed by atoms with Crippen LogP contribution in [0.15, 0.2) is 17.6 Å². The second-order valence-corrected chi connectivity index (χ2v) is 7.07. The minimum absolute atomic E-state index is 0.181. The summed E-state index contributed by atoms with van der Waals surface area (Å²) in [4.78, 5) is 29.7. The van der Waals surface area contributed by atoms with Crippen LogP contribution in [0.1, 0.15) is 22.5 Å². The van der Waals surface area contributed by atoms with Gasteiger partial charge in [0.2, 0.25) is 0 Å². The van der Waals surface area contributed by atoms with Gasteiger partial charge in [0, 0.05) is 47.6 Å². The fourth-order valence-corrected chi connectivity index (χ4v) is 4.30. The first-order chi connectivity index (χ1) is 11.6. The number of nitrogens with zero attached hydrogens (tertiary/aromatic N) is 2. The van der Waals surface area contributed by atoms with Crippen molar-refractivity contribution in [3.63, 3.8) is 0 Å². The molecule has 2 aliphatic heterocycles. The van der Waals surface area contributed by atoms with Crippen molar-refractivity contribution < 1.29 is 14.7 Å². The Kier molecular flexibility index (Phi) is 3.71. The highest BCUT2D eigenvalue weighted by molar-refractivity contribution is 7.17. The van der Waals surface area contributed by atoms with Crippen LogP contribution in [0.25, 0.3) is 10.1 Å². The van der Waals surface area contributed by atoms with Gasteiger partial charge in [0.1, 0.15) is 5.69 Å². The van der Waals surface area contributed by atoms with Crippen molar-refractivity contribution in [2.45, 2.75) is 12.5 Å². The number of aliphatic carboxylic acids is 1. The third kappa shape index (κ3) is 2.75. The van der Waals surface area contributed by atoms with Crippen LogP contribution in [0.5, 0.6) is 0 Å². The van der Waals surface area contributed by atoms with Gasteiger partial charge in [-0.05, 0) is 24.9 Å². The summed E-state index contributed by atoms with van der Waals surface area (Å²) < 4.78 is 0.882. The average Bonchev–Trinajstić information content (AvgIpc) is 3.27. The molecule has 4 heterocycles. The van der Waals surface area contributed by atoms with Gasteiger partial charge < -0.3 is 15.3 Å². The lowest BCUT2D eigenvalue weighted by Gasteiger charge is -2.22. The number of carboxylic acid groups (broad SMARTS) is 1. The van der Waals surface area contributed by atoms with Gasteiger partial charge >= 0.3 is 5.97 Å². The quantitative estimate of drug-likeness (QED) is 0.801. The molecule has 2 saturated heterocycles. The number of nitrogens with one attached hydrogen (secondary N) is 1. The number of carboxylic acids is 1.